The van der Waals surface area contributed by atoms with Gasteiger partial charge < -0.3 is 38.3 Å². The molecule has 0 aliphatic carbocycles. The second kappa shape index (κ2) is 15.8. The van der Waals surface area contributed by atoms with Crippen molar-refractivity contribution in [2.75, 3.05) is 5.32 Å². The topological polar surface area (TPSA) is 152 Å². The number of nitrogens with zero attached hydrogens (tertiary/aromatic N) is 1. The van der Waals surface area contributed by atoms with E-state index in [0.29, 0.717) is 11.3 Å². The average Bonchev–Trinajstić information content (AvgIpc) is 3.30. The molecule has 0 saturated heterocycles. The first-order valence-corrected chi connectivity index (χ1v) is 14.2. The van der Waals surface area contributed by atoms with Crippen molar-refractivity contribution in [2.24, 2.45) is 0 Å². The molecule has 1 amide bonds. The number of carbonyl (C=O) groups is 2. The Morgan fingerprint density at radius 3 is 2.13 bits per heavy atom. The second-order valence-electron chi connectivity index (χ2n) is 11.0. The van der Waals surface area contributed by atoms with E-state index in [9.17, 15) is 43.2 Å². The Hall–Kier alpha value is -3.55. The van der Waals surface area contributed by atoms with Gasteiger partial charge in [-0.1, -0.05) is 26.0 Å². The summed E-state index contributed by atoms with van der Waals surface area (Å²) in [5.41, 5.74) is 1.47. The number of rotatable bonds is 12. The van der Waals surface area contributed by atoms with E-state index in [1.54, 1.807) is 18.4 Å². The zero-order valence-electron chi connectivity index (χ0n) is 27.2. The van der Waals surface area contributed by atoms with Gasteiger partial charge in [-0.15, -0.1) is 0 Å². The number of carbonyl (C=O) groups excluding carboxylic acids is 1. The summed E-state index contributed by atoms with van der Waals surface area (Å²) in [4.78, 5) is 25.1. The van der Waals surface area contributed by atoms with Crippen LogP contribution in [0.2, 0.25) is 0 Å². The first-order chi connectivity index (χ1) is 21.3. The van der Waals surface area contributed by atoms with Gasteiger partial charge >= 0.3 is 43.7 Å². The molecule has 4 aromatic rings. The number of aliphatic carboxylic acids is 1. The molecule has 0 fully saturated rings. The van der Waals surface area contributed by atoms with Gasteiger partial charge in [-0.2, -0.15) is 0 Å². The SMILES string of the molecule is CC(C)c1c(C(=O)Nc2ccc(O)cc2O)c(-c2ccc(F)cc2)c(-c2ccc(F)c(F)c2)n1CCC(O)CC(O)CC(=O)O.[Ca+2].[H-].[H-]. The van der Waals surface area contributed by atoms with E-state index in [-0.39, 0.29) is 93.8 Å². The van der Waals surface area contributed by atoms with Crippen LogP contribution in [0.15, 0.2) is 60.7 Å². The van der Waals surface area contributed by atoms with Gasteiger partial charge in [0.05, 0.1) is 35.6 Å². The fraction of sp³-hybridized carbons (Fsp3) is 0.273. The van der Waals surface area contributed by atoms with Crippen LogP contribution in [0.25, 0.3) is 22.4 Å². The smallest absolute Gasteiger partial charge is 1.00 e. The van der Waals surface area contributed by atoms with Crippen LogP contribution in [-0.4, -0.2) is 91.9 Å². The molecule has 13 heteroatoms. The Balaban J connectivity index is 0.00000384. The number of phenols is 2. The molecule has 6 N–H and O–H groups in total. The minimum atomic E-state index is -1.31. The van der Waals surface area contributed by atoms with E-state index in [1.165, 1.54) is 42.5 Å². The third-order valence-corrected chi connectivity index (χ3v) is 7.27. The van der Waals surface area contributed by atoms with E-state index in [0.717, 1.165) is 18.2 Å². The third kappa shape index (κ3) is 8.62. The van der Waals surface area contributed by atoms with Crippen molar-refractivity contribution in [3.8, 4) is 33.9 Å². The van der Waals surface area contributed by atoms with Crippen LogP contribution in [0.4, 0.5) is 18.9 Å². The zero-order valence-corrected chi connectivity index (χ0v) is 27.4. The molecule has 0 aliphatic rings. The van der Waals surface area contributed by atoms with Crippen LogP contribution < -0.4 is 5.32 Å². The number of benzene rings is 3. The van der Waals surface area contributed by atoms with Crippen LogP contribution >= 0.6 is 0 Å². The van der Waals surface area contributed by atoms with Crippen molar-refractivity contribution in [3.05, 3.63) is 89.4 Å². The van der Waals surface area contributed by atoms with E-state index in [4.69, 9.17) is 5.11 Å². The number of aromatic hydroxyl groups is 2. The Bertz CT molecular complexity index is 1720. The minimum Gasteiger partial charge on any atom is -1.00 e. The molecule has 1 heterocycles. The predicted octanol–water partition coefficient (Wildman–Crippen LogP) is 5.85. The summed E-state index contributed by atoms with van der Waals surface area (Å²) in [5.74, 6) is -5.81. The number of aromatic nitrogens is 1. The fourth-order valence-corrected chi connectivity index (χ4v) is 5.35. The molecule has 0 radical (unpaired) electrons. The van der Waals surface area contributed by atoms with E-state index >= 15 is 0 Å². The molecule has 0 spiro atoms. The summed E-state index contributed by atoms with van der Waals surface area (Å²) in [6.07, 6.45) is -3.32. The molecule has 242 valence electrons. The van der Waals surface area contributed by atoms with Gasteiger partial charge in [0.25, 0.3) is 5.91 Å². The van der Waals surface area contributed by atoms with E-state index in [1.807, 2.05) is 0 Å². The number of phenolic OH excluding ortho intramolecular Hbond substituents is 2. The summed E-state index contributed by atoms with van der Waals surface area (Å²) < 4.78 is 44.4. The molecule has 0 saturated carbocycles. The van der Waals surface area contributed by atoms with Gasteiger partial charge in [0.2, 0.25) is 0 Å². The van der Waals surface area contributed by atoms with Crippen LogP contribution in [0.1, 0.15) is 57.9 Å². The number of hydrogen-bond donors (Lipinski definition) is 6. The number of aliphatic hydroxyl groups is 2. The van der Waals surface area contributed by atoms with Crippen molar-refractivity contribution in [1.82, 2.24) is 4.57 Å². The molecule has 0 aliphatic heterocycles. The normalized spacial score (nSPS) is 12.4. The van der Waals surface area contributed by atoms with Crippen molar-refractivity contribution in [3.63, 3.8) is 0 Å². The molecular weight excluding hydrogens is 633 g/mol. The van der Waals surface area contributed by atoms with Crippen LogP contribution in [0.5, 0.6) is 11.5 Å². The first-order valence-electron chi connectivity index (χ1n) is 14.2. The summed E-state index contributed by atoms with van der Waals surface area (Å²) in [6.45, 7) is 3.57. The number of nitrogens with one attached hydrogen (secondary N) is 1. The number of halogens is 3. The summed E-state index contributed by atoms with van der Waals surface area (Å²) in [7, 11) is 0. The number of anilines is 1. The molecule has 2 atom stereocenters. The van der Waals surface area contributed by atoms with Gasteiger partial charge in [-0.05, 0) is 66.8 Å². The molecule has 4 rings (SSSR count). The number of aliphatic hydroxyl groups excluding tert-OH is 2. The van der Waals surface area contributed by atoms with Gasteiger partial charge in [0, 0.05) is 29.4 Å². The molecular formula is C33H35CaF3N2O7. The summed E-state index contributed by atoms with van der Waals surface area (Å²) in [5, 5.41) is 52.4. The van der Waals surface area contributed by atoms with E-state index in [2.05, 4.69) is 5.32 Å². The monoisotopic (exact) mass is 668 g/mol. The summed E-state index contributed by atoms with van der Waals surface area (Å²) in [6, 6.07) is 12.0. The number of hydrogen-bond acceptors (Lipinski definition) is 6. The molecule has 2 unspecified atom stereocenters. The van der Waals surface area contributed by atoms with Gasteiger partial charge in [0.15, 0.2) is 11.6 Å². The summed E-state index contributed by atoms with van der Waals surface area (Å²) >= 11 is 0. The standard InChI is InChI=1S/C33H33F3N2O7.Ca.2H/c1-17(2)31-30(33(45)37-26-10-8-21(39)15-27(26)42)29(18-3-6-20(34)7-4-18)32(19-5-9-24(35)25(36)13-19)38(31)12-11-22(40)14-23(41)16-28(43)44;;;/h3-10,13,15,17,22-23,39-42H,11-12,14,16H2,1-2H3,(H,37,45)(H,43,44);;;/q;+2;2*-1. The van der Waals surface area contributed by atoms with Crippen LogP contribution in [0.3, 0.4) is 0 Å². The second-order valence-corrected chi connectivity index (χ2v) is 11.0. The van der Waals surface area contributed by atoms with Crippen molar-refractivity contribution in [1.29, 1.82) is 0 Å². The largest absolute Gasteiger partial charge is 2.00 e. The molecule has 0 bridgehead atoms. The Labute approximate surface area is 295 Å². The van der Waals surface area contributed by atoms with Crippen LogP contribution in [-0.2, 0) is 11.3 Å². The van der Waals surface area contributed by atoms with E-state index < -0.39 is 59.6 Å². The number of carboxylic acids is 1. The van der Waals surface area contributed by atoms with Crippen molar-refractivity contribution < 1.29 is 51.1 Å². The minimum absolute atomic E-state index is 0. The molecule has 1 aromatic heterocycles. The number of amides is 1. The van der Waals surface area contributed by atoms with Crippen molar-refractivity contribution in [2.45, 2.75) is 57.8 Å². The maximum Gasteiger partial charge on any atom is 2.00 e. The van der Waals surface area contributed by atoms with Gasteiger partial charge in [-0.3, -0.25) is 9.59 Å². The Kier molecular flexibility index (Phi) is 12.7. The third-order valence-electron chi connectivity index (χ3n) is 7.27. The molecule has 46 heavy (non-hydrogen) atoms. The fourth-order valence-electron chi connectivity index (χ4n) is 5.35. The average molecular weight is 669 g/mol. The number of carboxylic acid groups (broad SMARTS) is 1. The Morgan fingerprint density at radius 2 is 1.54 bits per heavy atom. The first kappa shape index (κ1) is 36.9. The van der Waals surface area contributed by atoms with Gasteiger partial charge in [0.1, 0.15) is 17.3 Å². The maximum absolute atomic E-state index is 14.7. The zero-order chi connectivity index (χ0) is 33.0. The predicted molar refractivity (Wildman–Crippen MR) is 168 cm³/mol. The molecule has 9 nitrogen and oxygen atoms in total. The van der Waals surface area contributed by atoms with Crippen molar-refractivity contribution >= 4 is 55.3 Å². The molecule has 3 aromatic carbocycles. The maximum atomic E-state index is 14.7. The quantitative estimate of drug-likeness (QED) is 0.0630. The van der Waals surface area contributed by atoms with Gasteiger partial charge in [-0.25, -0.2) is 13.2 Å². The van der Waals surface area contributed by atoms with Crippen LogP contribution in [0, 0.1) is 17.5 Å². The Morgan fingerprint density at radius 1 is 0.891 bits per heavy atom.